The Hall–Kier alpha value is -2.39. The number of aromatic nitrogens is 6. The van der Waals surface area contributed by atoms with Crippen molar-refractivity contribution in [1.29, 1.82) is 0 Å². The Bertz CT molecular complexity index is 915. The Morgan fingerprint density at radius 1 is 1.28 bits per heavy atom. The molecule has 8 nitrogen and oxygen atoms in total. The van der Waals surface area contributed by atoms with Gasteiger partial charge in [0.1, 0.15) is 0 Å². The first-order chi connectivity index (χ1) is 12.0. The summed E-state index contributed by atoms with van der Waals surface area (Å²) < 4.78 is 4.82. The molecule has 0 aliphatic carbocycles. The van der Waals surface area contributed by atoms with Gasteiger partial charge in [0.05, 0.1) is 17.5 Å². The van der Waals surface area contributed by atoms with Crippen LogP contribution in [0, 0.1) is 6.92 Å². The molecule has 2 aromatic heterocycles. The molecule has 1 aromatic carbocycles. The fraction of sp³-hybridized carbons (Fsp3) is 0.375. The van der Waals surface area contributed by atoms with Crippen molar-refractivity contribution in [3.05, 3.63) is 46.4 Å². The van der Waals surface area contributed by atoms with Crippen LogP contribution >= 0.6 is 11.8 Å². The highest BCUT2D eigenvalue weighted by Crippen LogP contribution is 2.20. The van der Waals surface area contributed by atoms with Gasteiger partial charge in [0, 0.05) is 12.8 Å². The monoisotopic (exact) mass is 360 g/mol. The zero-order valence-electron chi connectivity index (χ0n) is 14.3. The van der Waals surface area contributed by atoms with Crippen molar-refractivity contribution in [3.63, 3.8) is 0 Å². The van der Waals surface area contributed by atoms with Crippen LogP contribution in [0.5, 0.6) is 0 Å². The molecule has 3 aromatic rings. The molecule has 0 saturated heterocycles. The molecule has 1 atom stereocenters. The molecule has 0 saturated carbocycles. The largest absolute Gasteiger partial charge is 0.392 e. The van der Waals surface area contributed by atoms with E-state index in [-0.39, 0.29) is 5.56 Å². The number of hydrogen-bond donors (Lipinski definition) is 1. The normalized spacial score (nSPS) is 12.5. The Balaban J connectivity index is 2.06. The molecule has 0 aliphatic heterocycles. The van der Waals surface area contributed by atoms with Crippen LogP contribution in [0.4, 0.5) is 0 Å². The van der Waals surface area contributed by atoms with E-state index < -0.39 is 6.10 Å². The first-order valence-corrected chi connectivity index (χ1v) is 8.96. The van der Waals surface area contributed by atoms with Gasteiger partial charge in [-0.1, -0.05) is 36.9 Å². The summed E-state index contributed by atoms with van der Waals surface area (Å²) >= 11 is 1.33. The van der Waals surface area contributed by atoms with Gasteiger partial charge >= 0.3 is 0 Å². The predicted molar refractivity (Wildman–Crippen MR) is 95.5 cm³/mol. The standard InChI is InChI=1S/C16H20N6O2S/c1-4-13(23)10-25-16-17-18-19-21(16)14-11(2)20(3)22(15(14)24)12-8-6-5-7-9-12/h5-9,13,23H,4,10H2,1-3H3. The van der Waals surface area contributed by atoms with Gasteiger partial charge in [-0.15, -0.1) is 5.10 Å². The fourth-order valence-corrected chi connectivity index (χ4v) is 3.42. The van der Waals surface area contributed by atoms with Crippen molar-refractivity contribution in [1.82, 2.24) is 29.6 Å². The van der Waals surface area contributed by atoms with Crippen molar-refractivity contribution in [2.75, 3.05) is 5.75 Å². The molecule has 2 heterocycles. The summed E-state index contributed by atoms with van der Waals surface area (Å²) in [5.74, 6) is 0.468. The lowest BCUT2D eigenvalue weighted by Crippen LogP contribution is -2.22. The third-order valence-electron chi connectivity index (χ3n) is 4.05. The van der Waals surface area contributed by atoms with Gasteiger partial charge in [0.25, 0.3) is 5.56 Å². The third-order valence-corrected chi connectivity index (χ3v) is 5.12. The molecule has 0 amide bonds. The summed E-state index contributed by atoms with van der Waals surface area (Å²) in [5.41, 5.74) is 1.73. The first-order valence-electron chi connectivity index (χ1n) is 7.98. The Morgan fingerprint density at radius 2 is 2.00 bits per heavy atom. The first kappa shape index (κ1) is 17.4. The molecule has 0 bridgehead atoms. The summed E-state index contributed by atoms with van der Waals surface area (Å²) in [6.07, 6.45) is 0.215. The predicted octanol–water partition coefficient (Wildman–Crippen LogP) is 1.32. The van der Waals surface area contributed by atoms with E-state index in [0.29, 0.717) is 23.0 Å². The third kappa shape index (κ3) is 3.24. The molecule has 1 unspecified atom stereocenters. The number of thioether (sulfide) groups is 1. The maximum absolute atomic E-state index is 13.0. The summed E-state index contributed by atoms with van der Waals surface area (Å²) in [7, 11) is 1.82. The Morgan fingerprint density at radius 3 is 2.68 bits per heavy atom. The minimum atomic E-state index is -0.437. The summed E-state index contributed by atoms with van der Waals surface area (Å²) in [6, 6.07) is 9.41. The fourth-order valence-electron chi connectivity index (χ4n) is 2.50. The lowest BCUT2D eigenvalue weighted by molar-refractivity contribution is 0.195. The van der Waals surface area contributed by atoms with E-state index >= 15 is 0 Å². The average molecular weight is 360 g/mol. The highest BCUT2D eigenvalue weighted by atomic mass is 32.2. The number of aliphatic hydroxyl groups excluding tert-OH is 1. The second-order valence-electron chi connectivity index (χ2n) is 5.66. The van der Waals surface area contributed by atoms with Gasteiger partial charge in [0.15, 0.2) is 5.69 Å². The van der Waals surface area contributed by atoms with Gasteiger partial charge in [-0.05, 0) is 35.9 Å². The Kier molecular flexibility index (Phi) is 5.05. The molecule has 9 heteroatoms. The maximum atomic E-state index is 13.0. The van der Waals surface area contributed by atoms with Crippen LogP contribution in [0.2, 0.25) is 0 Å². The van der Waals surface area contributed by atoms with Crippen LogP contribution in [-0.4, -0.2) is 46.5 Å². The highest BCUT2D eigenvalue weighted by molar-refractivity contribution is 7.99. The molecule has 25 heavy (non-hydrogen) atoms. The minimum Gasteiger partial charge on any atom is -0.392 e. The molecule has 0 radical (unpaired) electrons. The van der Waals surface area contributed by atoms with Gasteiger partial charge in [0.2, 0.25) is 5.16 Å². The molecule has 0 fully saturated rings. The van der Waals surface area contributed by atoms with Crippen LogP contribution in [0.1, 0.15) is 19.0 Å². The summed E-state index contributed by atoms with van der Waals surface area (Å²) in [4.78, 5) is 13.0. The van der Waals surface area contributed by atoms with Gasteiger partial charge < -0.3 is 5.11 Å². The van der Waals surface area contributed by atoms with Crippen LogP contribution in [0.25, 0.3) is 11.4 Å². The number of rotatable bonds is 6. The van der Waals surface area contributed by atoms with Crippen LogP contribution in [0.3, 0.4) is 0 Å². The lowest BCUT2D eigenvalue weighted by Gasteiger charge is -2.07. The summed E-state index contributed by atoms with van der Waals surface area (Å²) in [6.45, 7) is 3.77. The van der Waals surface area contributed by atoms with E-state index in [0.717, 1.165) is 11.4 Å². The van der Waals surface area contributed by atoms with E-state index in [1.165, 1.54) is 16.4 Å². The van der Waals surface area contributed by atoms with Gasteiger partial charge in [-0.25, -0.2) is 4.68 Å². The van der Waals surface area contributed by atoms with E-state index in [1.54, 1.807) is 9.36 Å². The second kappa shape index (κ2) is 7.24. The molecule has 3 rings (SSSR count). The van der Waals surface area contributed by atoms with Crippen molar-refractivity contribution >= 4 is 11.8 Å². The van der Waals surface area contributed by atoms with Crippen LogP contribution in [0.15, 0.2) is 40.3 Å². The van der Waals surface area contributed by atoms with Crippen LogP contribution < -0.4 is 5.56 Å². The smallest absolute Gasteiger partial charge is 0.297 e. The van der Waals surface area contributed by atoms with E-state index in [2.05, 4.69) is 15.5 Å². The number of aliphatic hydroxyl groups is 1. The van der Waals surface area contributed by atoms with Crippen molar-refractivity contribution in [3.8, 4) is 11.4 Å². The topological polar surface area (TPSA) is 90.8 Å². The van der Waals surface area contributed by atoms with E-state index in [4.69, 9.17) is 0 Å². The number of para-hydroxylation sites is 1. The highest BCUT2D eigenvalue weighted by Gasteiger charge is 2.22. The zero-order chi connectivity index (χ0) is 18.0. The van der Waals surface area contributed by atoms with Crippen molar-refractivity contribution in [2.24, 2.45) is 7.05 Å². The molecule has 132 valence electrons. The number of hydrogen-bond acceptors (Lipinski definition) is 6. The molecular weight excluding hydrogens is 340 g/mol. The maximum Gasteiger partial charge on any atom is 0.297 e. The van der Waals surface area contributed by atoms with Crippen molar-refractivity contribution < 1.29 is 5.11 Å². The number of tetrazole rings is 1. The number of benzene rings is 1. The molecule has 0 spiro atoms. The zero-order valence-corrected chi connectivity index (χ0v) is 15.1. The van der Waals surface area contributed by atoms with E-state index in [1.807, 2.05) is 51.2 Å². The lowest BCUT2D eigenvalue weighted by atomic mass is 10.3. The molecule has 1 N–H and O–H groups in total. The molecule has 0 aliphatic rings. The van der Waals surface area contributed by atoms with E-state index in [9.17, 15) is 9.90 Å². The quantitative estimate of drug-likeness (QED) is 0.667. The average Bonchev–Trinajstić information content (AvgIpc) is 3.16. The van der Waals surface area contributed by atoms with Crippen molar-refractivity contribution in [2.45, 2.75) is 31.5 Å². The number of nitrogens with zero attached hydrogens (tertiary/aromatic N) is 6. The second-order valence-corrected chi connectivity index (χ2v) is 6.64. The SMILES string of the molecule is CCC(O)CSc1nnnn1-c1c(C)n(C)n(-c2ccccc2)c1=O. The van der Waals surface area contributed by atoms with Gasteiger partial charge in [-0.2, -0.15) is 4.68 Å². The summed E-state index contributed by atoms with van der Waals surface area (Å²) in [5, 5.41) is 21.9. The Labute approximate surface area is 149 Å². The molecular formula is C16H20N6O2S. The minimum absolute atomic E-state index is 0.198. The van der Waals surface area contributed by atoms with Crippen LogP contribution in [-0.2, 0) is 7.05 Å². The van der Waals surface area contributed by atoms with Gasteiger partial charge in [-0.3, -0.25) is 9.48 Å².